The number of amides is 1. The topological polar surface area (TPSA) is 63.1 Å². The summed E-state index contributed by atoms with van der Waals surface area (Å²) in [5, 5.41) is 12.0. The summed E-state index contributed by atoms with van der Waals surface area (Å²) in [6.45, 7) is 7.57. The Bertz CT molecular complexity index is 758. The number of carbonyl (C=O) groups is 1. The molecule has 0 unspecified atom stereocenters. The molecule has 0 bridgehead atoms. The van der Waals surface area contributed by atoms with Crippen LogP contribution in [0.15, 0.2) is 12.1 Å². The van der Waals surface area contributed by atoms with Gasteiger partial charge in [0, 0.05) is 12.6 Å². The van der Waals surface area contributed by atoms with E-state index in [1.165, 1.54) is 61.1 Å². The lowest BCUT2D eigenvalue weighted by Gasteiger charge is -2.44. The molecule has 0 radical (unpaired) electrons. The van der Waals surface area contributed by atoms with Gasteiger partial charge in [-0.25, -0.2) is 0 Å². The van der Waals surface area contributed by atoms with E-state index in [1.54, 1.807) is 0 Å². The molecule has 0 saturated carbocycles. The predicted octanol–water partition coefficient (Wildman–Crippen LogP) is 2.43. The van der Waals surface area contributed by atoms with Gasteiger partial charge in [-0.3, -0.25) is 4.79 Å². The van der Waals surface area contributed by atoms with Crippen molar-refractivity contribution in [1.29, 1.82) is 0 Å². The van der Waals surface area contributed by atoms with Crippen molar-refractivity contribution in [2.45, 2.75) is 58.5 Å². The monoisotopic (exact) mass is 355 g/mol. The summed E-state index contributed by atoms with van der Waals surface area (Å²) in [5.74, 6) is 0.592. The third-order valence-electron chi connectivity index (χ3n) is 6.11. The fourth-order valence-corrected chi connectivity index (χ4v) is 4.53. The number of fused-ring (bicyclic) bond motifs is 2. The number of benzene rings is 1. The van der Waals surface area contributed by atoms with Gasteiger partial charge in [-0.1, -0.05) is 6.42 Å². The molecular formula is C20H29N5O. The third-order valence-corrected chi connectivity index (χ3v) is 6.11. The molecule has 26 heavy (non-hydrogen) atoms. The average Bonchev–Trinajstić information content (AvgIpc) is 3.01. The Labute approximate surface area is 154 Å². The summed E-state index contributed by atoms with van der Waals surface area (Å²) < 4.78 is 0. The Kier molecular flexibility index (Phi) is 4.94. The molecule has 2 fully saturated rings. The quantitative estimate of drug-likeness (QED) is 0.915. The van der Waals surface area contributed by atoms with Crippen LogP contribution in [-0.2, 0) is 11.3 Å². The van der Waals surface area contributed by atoms with Gasteiger partial charge in [0.2, 0.25) is 5.91 Å². The maximum Gasteiger partial charge on any atom is 0.243 e. The predicted molar refractivity (Wildman–Crippen MR) is 102 cm³/mol. The van der Waals surface area contributed by atoms with Crippen molar-refractivity contribution in [1.82, 2.24) is 25.2 Å². The molecule has 6 heteroatoms. The van der Waals surface area contributed by atoms with E-state index in [9.17, 15) is 4.79 Å². The van der Waals surface area contributed by atoms with Gasteiger partial charge in [-0.15, -0.1) is 0 Å². The molecule has 1 aromatic carbocycles. The summed E-state index contributed by atoms with van der Waals surface area (Å²) in [7, 11) is 0. The molecule has 2 atom stereocenters. The van der Waals surface area contributed by atoms with Gasteiger partial charge >= 0.3 is 0 Å². The Morgan fingerprint density at radius 1 is 1.08 bits per heavy atom. The minimum Gasteiger partial charge on any atom is -0.354 e. The highest BCUT2D eigenvalue weighted by molar-refractivity contribution is 5.78. The van der Waals surface area contributed by atoms with E-state index in [2.05, 4.69) is 34.3 Å². The van der Waals surface area contributed by atoms with Crippen LogP contribution in [0.5, 0.6) is 0 Å². The average molecular weight is 355 g/mol. The number of rotatable bonds is 4. The normalized spacial score (nSPS) is 23.8. The van der Waals surface area contributed by atoms with E-state index in [4.69, 9.17) is 0 Å². The van der Waals surface area contributed by atoms with Gasteiger partial charge in [0.1, 0.15) is 17.6 Å². The van der Waals surface area contributed by atoms with Crippen molar-refractivity contribution in [3.05, 3.63) is 23.3 Å². The zero-order chi connectivity index (χ0) is 18.1. The number of nitrogens with one attached hydrogen (secondary N) is 1. The first-order valence-corrected chi connectivity index (χ1v) is 9.93. The lowest BCUT2D eigenvalue weighted by Crippen LogP contribution is -2.51. The maximum atomic E-state index is 12.4. The zero-order valence-corrected chi connectivity index (χ0v) is 15.9. The Balaban J connectivity index is 1.35. The van der Waals surface area contributed by atoms with Gasteiger partial charge in [-0.2, -0.15) is 15.0 Å². The lowest BCUT2D eigenvalue weighted by atomic mass is 9.83. The first-order valence-electron chi connectivity index (χ1n) is 9.93. The van der Waals surface area contributed by atoms with Crippen molar-refractivity contribution in [3.8, 4) is 0 Å². The van der Waals surface area contributed by atoms with E-state index >= 15 is 0 Å². The number of aryl methyl sites for hydroxylation is 2. The molecular weight excluding hydrogens is 326 g/mol. The van der Waals surface area contributed by atoms with Gasteiger partial charge < -0.3 is 10.2 Å². The maximum absolute atomic E-state index is 12.4. The summed E-state index contributed by atoms with van der Waals surface area (Å²) >= 11 is 0. The molecule has 1 amide bonds. The van der Waals surface area contributed by atoms with Gasteiger partial charge in [0.05, 0.1) is 0 Å². The molecule has 2 aliphatic rings. The minimum absolute atomic E-state index is 0.00619. The van der Waals surface area contributed by atoms with E-state index in [-0.39, 0.29) is 12.5 Å². The van der Waals surface area contributed by atoms with E-state index in [1.807, 2.05) is 12.1 Å². The van der Waals surface area contributed by atoms with E-state index in [0.717, 1.165) is 17.6 Å². The molecule has 6 nitrogen and oxygen atoms in total. The first kappa shape index (κ1) is 17.5. The fraction of sp³-hybridized carbons (Fsp3) is 0.650. The number of aromatic nitrogens is 3. The minimum atomic E-state index is 0.00619. The standard InChI is InChI=1S/C20H29N5O/c1-14-10-17-18(11-15(14)2)23-25(22-17)13-20(26)21-12-16-6-5-9-24-8-4-3-7-19(16)24/h10-11,16,19H,3-9,12-13H2,1-2H3,(H,21,26)/t16-,19+/m0/s1. The highest BCUT2D eigenvalue weighted by Crippen LogP contribution is 2.30. The van der Waals surface area contributed by atoms with Crippen molar-refractivity contribution >= 4 is 16.9 Å². The Hall–Kier alpha value is -1.95. The number of hydrogen-bond donors (Lipinski definition) is 1. The van der Waals surface area contributed by atoms with Crippen LogP contribution >= 0.6 is 0 Å². The number of hydrogen-bond acceptors (Lipinski definition) is 4. The molecule has 4 rings (SSSR count). The van der Waals surface area contributed by atoms with Crippen LogP contribution in [0.4, 0.5) is 0 Å². The molecule has 2 aliphatic heterocycles. The van der Waals surface area contributed by atoms with Crippen molar-refractivity contribution in [2.75, 3.05) is 19.6 Å². The van der Waals surface area contributed by atoms with Crippen LogP contribution in [0, 0.1) is 19.8 Å². The SMILES string of the molecule is Cc1cc2nn(CC(=O)NC[C@@H]3CCCN4CCCC[C@H]34)nc2cc1C. The summed E-state index contributed by atoms with van der Waals surface area (Å²) in [6.07, 6.45) is 6.42. The smallest absolute Gasteiger partial charge is 0.243 e. The van der Waals surface area contributed by atoms with Crippen LogP contribution < -0.4 is 5.32 Å². The molecule has 0 spiro atoms. The summed E-state index contributed by atoms with van der Waals surface area (Å²) in [5.41, 5.74) is 4.10. The second-order valence-electron chi connectivity index (χ2n) is 7.96. The van der Waals surface area contributed by atoms with Crippen LogP contribution in [0.2, 0.25) is 0 Å². The Morgan fingerprint density at radius 2 is 1.77 bits per heavy atom. The van der Waals surface area contributed by atoms with Gasteiger partial charge in [0.25, 0.3) is 0 Å². The lowest BCUT2D eigenvalue weighted by molar-refractivity contribution is -0.122. The zero-order valence-electron chi connectivity index (χ0n) is 15.9. The second-order valence-corrected chi connectivity index (χ2v) is 7.96. The second kappa shape index (κ2) is 7.35. The van der Waals surface area contributed by atoms with E-state index < -0.39 is 0 Å². The van der Waals surface area contributed by atoms with Gasteiger partial charge in [-0.05, 0) is 81.8 Å². The molecule has 3 heterocycles. The number of carbonyl (C=O) groups excluding carboxylic acids is 1. The van der Waals surface area contributed by atoms with Crippen LogP contribution in [0.25, 0.3) is 11.0 Å². The largest absolute Gasteiger partial charge is 0.354 e. The van der Waals surface area contributed by atoms with E-state index in [0.29, 0.717) is 12.0 Å². The molecule has 2 saturated heterocycles. The molecule has 1 N–H and O–H groups in total. The molecule has 140 valence electrons. The van der Waals surface area contributed by atoms with Crippen molar-refractivity contribution in [3.63, 3.8) is 0 Å². The molecule has 2 aromatic rings. The third kappa shape index (κ3) is 3.61. The van der Waals surface area contributed by atoms with Crippen LogP contribution in [-0.4, -0.2) is 51.5 Å². The summed E-state index contributed by atoms with van der Waals surface area (Å²) in [6, 6.07) is 4.73. The summed E-state index contributed by atoms with van der Waals surface area (Å²) in [4.78, 5) is 16.6. The molecule has 1 aromatic heterocycles. The highest BCUT2D eigenvalue weighted by atomic mass is 16.2. The highest BCUT2D eigenvalue weighted by Gasteiger charge is 2.32. The van der Waals surface area contributed by atoms with Crippen LogP contribution in [0.1, 0.15) is 43.2 Å². The fourth-order valence-electron chi connectivity index (χ4n) is 4.53. The van der Waals surface area contributed by atoms with Crippen molar-refractivity contribution < 1.29 is 4.79 Å². The Morgan fingerprint density at radius 3 is 2.50 bits per heavy atom. The van der Waals surface area contributed by atoms with Crippen molar-refractivity contribution in [2.24, 2.45) is 5.92 Å². The van der Waals surface area contributed by atoms with Gasteiger partial charge in [0.15, 0.2) is 0 Å². The molecule has 0 aliphatic carbocycles. The van der Waals surface area contributed by atoms with Crippen LogP contribution in [0.3, 0.4) is 0 Å². The number of piperidine rings is 2. The first-order chi connectivity index (χ1) is 12.6. The number of nitrogens with zero attached hydrogens (tertiary/aromatic N) is 4.